The number of nitrogens with one attached hydrogen (secondary N) is 1. The number of nitrogens with zero attached hydrogens (tertiary/aromatic N) is 1. The number of thiazole rings is 1. The molecule has 1 aliphatic rings. The van der Waals surface area contributed by atoms with Gasteiger partial charge in [-0.15, -0.1) is 11.3 Å². The molecule has 1 saturated carbocycles. The van der Waals surface area contributed by atoms with Gasteiger partial charge >= 0.3 is 0 Å². The van der Waals surface area contributed by atoms with Gasteiger partial charge in [-0.2, -0.15) is 0 Å². The van der Waals surface area contributed by atoms with E-state index in [1.54, 1.807) is 11.3 Å². The maximum atomic E-state index is 5.97. The van der Waals surface area contributed by atoms with Crippen molar-refractivity contribution in [3.8, 4) is 0 Å². The van der Waals surface area contributed by atoms with E-state index in [-0.39, 0.29) is 0 Å². The van der Waals surface area contributed by atoms with Crippen molar-refractivity contribution < 1.29 is 0 Å². The van der Waals surface area contributed by atoms with Crippen LogP contribution in [-0.4, -0.2) is 17.6 Å². The first-order chi connectivity index (χ1) is 7.74. The van der Waals surface area contributed by atoms with Crippen LogP contribution < -0.4 is 11.1 Å². The molecule has 0 saturated heterocycles. The van der Waals surface area contributed by atoms with Crippen LogP contribution in [-0.2, 0) is 6.54 Å². The Balaban J connectivity index is 1.67. The molecule has 16 heavy (non-hydrogen) atoms. The van der Waals surface area contributed by atoms with Crippen LogP contribution in [0.1, 0.15) is 35.6 Å². The predicted octanol–water partition coefficient (Wildman–Crippen LogP) is 2.06. The van der Waals surface area contributed by atoms with Crippen LogP contribution in [0.2, 0.25) is 0 Å². The Morgan fingerprint density at radius 1 is 1.56 bits per heavy atom. The van der Waals surface area contributed by atoms with E-state index in [2.05, 4.69) is 17.2 Å². The third-order valence-corrected chi connectivity index (χ3v) is 4.11. The maximum Gasteiger partial charge on any atom is 0.107 e. The molecule has 0 aromatic carbocycles. The molecule has 1 aromatic heterocycles. The molecule has 2 rings (SSSR count). The summed E-state index contributed by atoms with van der Waals surface area (Å²) in [6.07, 6.45) is 6.96. The Morgan fingerprint density at radius 2 is 2.44 bits per heavy atom. The zero-order chi connectivity index (χ0) is 11.4. The summed E-state index contributed by atoms with van der Waals surface area (Å²) in [5.41, 5.74) is 5.97. The summed E-state index contributed by atoms with van der Waals surface area (Å²) in [7, 11) is 0. The van der Waals surface area contributed by atoms with E-state index in [1.165, 1.54) is 35.6 Å². The van der Waals surface area contributed by atoms with E-state index < -0.39 is 0 Å². The van der Waals surface area contributed by atoms with Crippen molar-refractivity contribution in [2.24, 2.45) is 11.7 Å². The van der Waals surface area contributed by atoms with Gasteiger partial charge in [0.2, 0.25) is 0 Å². The molecule has 90 valence electrons. The van der Waals surface area contributed by atoms with Gasteiger partial charge in [-0.05, 0) is 38.6 Å². The molecular weight excluding hydrogens is 218 g/mol. The molecule has 0 bridgehead atoms. The number of nitrogens with two attached hydrogens (primary N) is 1. The van der Waals surface area contributed by atoms with Gasteiger partial charge in [0.1, 0.15) is 5.01 Å². The van der Waals surface area contributed by atoms with Crippen LogP contribution in [0.5, 0.6) is 0 Å². The number of rotatable bonds is 4. The van der Waals surface area contributed by atoms with Crippen molar-refractivity contribution in [3.05, 3.63) is 16.1 Å². The molecule has 4 heteroatoms. The number of aromatic nitrogens is 1. The third kappa shape index (κ3) is 3.54. The van der Waals surface area contributed by atoms with E-state index in [1.807, 2.05) is 6.20 Å². The van der Waals surface area contributed by atoms with Crippen LogP contribution >= 0.6 is 11.3 Å². The minimum Gasteiger partial charge on any atom is -0.328 e. The van der Waals surface area contributed by atoms with E-state index in [4.69, 9.17) is 5.73 Å². The fourth-order valence-electron chi connectivity index (χ4n) is 2.38. The summed E-state index contributed by atoms with van der Waals surface area (Å²) in [4.78, 5) is 5.63. The second-order valence-electron chi connectivity index (χ2n) is 4.79. The van der Waals surface area contributed by atoms with Gasteiger partial charge in [-0.25, -0.2) is 4.98 Å². The zero-order valence-electron chi connectivity index (χ0n) is 9.91. The lowest BCUT2D eigenvalue weighted by Gasteiger charge is -2.26. The Hall–Kier alpha value is -0.450. The Kier molecular flexibility index (Phi) is 4.32. The topological polar surface area (TPSA) is 50.9 Å². The first-order valence-corrected chi connectivity index (χ1v) is 6.93. The van der Waals surface area contributed by atoms with Gasteiger partial charge in [0.05, 0.1) is 0 Å². The standard InChI is InChI=1S/C12H21N3S/c1-9-6-15-12(16-9)8-14-7-10-3-2-4-11(13)5-10/h6,10-11,14H,2-5,7-8,13H2,1H3. The lowest BCUT2D eigenvalue weighted by atomic mass is 9.86. The van der Waals surface area contributed by atoms with E-state index in [0.717, 1.165) is 19.0 Å². The lowest BCUT2D eigenvalue weighted by molar-refractivity contribution is 0.310. The van der Waals surface area contributed by atoms with E-state index in [9.17, 15) is 0 Å². The van der Waals surface area contributed by atoms with E-state index >= 15 is 0 Å². The summed E-state index contributed by atoms with van der Waals surface area (Å²) >= 11 is 1.78. The van der Waals surface area contributed by atoms with Gasteiger partial charge in [-0.1, -0.05) is 6.42 Å². The second-order valence-corrected chi connectivity index (χ2v) is 6.11. The number of hydrogen-bond acceptors (Lipinski definition) is 4. The van der Waals surface area contributed by atoms with Gasteiger partial charge in [0, 0.05) is 23.7 Å². The smallest absolute Gasteiger partial charge is 0.107 e. The van der Waals surface area contributed by atoms with Gasteiger partial charge in [0.15, 0.2) is 0 Å². The molecule has 3 N–H and O–H groups in total. The van der Waals surface area contributed by atoms with Crippen molar-refractivity contribution in [3.63, 3.8) is 0 Å². The summed E-state index contributed by atoms with van der Waals surface area (Å²) in [6, 6.07) is 0.433. The molecule has 1 aromatic rings. The minimum absolute atomic E-state index is 0.433. The van der Waals surface area contributed by atoms with Crippen molar-refractivity contribution in [2.45, 2.75) is 45.2 Å². The molecule has 2 atom stereocenters. The monoisotopic (exact) mass is 239 g/mol. The molecular formula is C12H21N3S. The lowest BCUT2D eigenvalue weighted by Crippen LogP contribution is -2.33. The quantitative estimate of drug-likeness (QED) is 0.845. The first-order valence-electron chi connectivity index (χ1n) is 6.11. The average Bonchev–Trinajstić information content (AvgIpc) is 2.64. The number of hydrogen-bond donors (Lipinski definition) is 2. The molecule has 0 amide bonds. The van der Waals surface area contributed by atoms with Crippen LogP contribution in [0.4, 0.5) is 0 Å². The Labute approximate surface area is 101 Å². The Bertz CT molecular complexity index is 324. The molecule has 0 aliphatic heterocycles. The van der Waals surface area contributed by atoms with Crippen molar-refractivity contribution in [2.75, 3.05) is 6.54 Å². The highest BCUT2D eigenvalue weighted by Crippen LogP contribution is 2.22. The van der Waals surface area contributed by atoms with Gasteiger partial charge in [-0.3, -0.25) is 0 Å². The van der Waals surface area contributed by atoms with Crippen molar-refractivity contribution in [1.82, 2.24) is 10.3 Å². The molecule has 1 aliphatic carbocycles. The van der Waals surface area contributed by atoms with Gasteiger partial charge < -0.3 is 11.1 Å². The Morgan fingerprint density at radius 3 is 3.12 bits per heavy atom. The second kappa shape index (κ2) is 5.75. The SMILES string of the molecule is Cc1cnc(CNCC2CCCC(N)C2)s1. The summed E-state index contributed by atoms with van der Waals surface area (Å²) in [5.74, 6) is 0.768. The van der Waals surface area contributed by atoms with Crippen molar-refractivity contribution >= 4 is 11.3 Å². The highest BCUT2D eigenvalue weighted by atomic mass is 32.1. The molecule has 2 unspecified atom stereocenters. The van der Waals surface area contributed by atoms with E-state index in [0.29, 0.717) is 6.04 Å². The normalized spacial score (nSPS) is 25.9. The summed E-state index contributed by atoms with van der Waals surface area (Å²) in [5, 5.41) is 4.69. The van der Waals surface area contributed by atoms with Crippen LogP contribution in [0, 0.1) is 12.8 Å². The summed E-state index contributed by atoms with van der Waals surface area (Å²) in [6.45, 7) is 4.10. The van der Waals surface area contributed by atoms with Crippen molar-refractivity contribution in [1.29, 1.82) is 0 Å². The third-order valence-electron chi connectivity index (χ3n) is 3.20. The van der Waals surface area contributed by atoms with Crippen LogP contribution in [0.3, 0.4) is 0 Å². The average molecular weight is 239 g/mol. The fraction of sp³-hybridized carbons (Fsp3) is 0.750. The molecule has 0 spiro atoms. The fourth-order valence-corrected chi connectivity index (χ4v) is 3.14. The molecule has 0 radical (unpaired) electrons. The number of aryl methyl sites for hydroxylation is 1. The van der Waals surface area contributed by atoms with Crippen LogP contribution in [0.25, 0.3) is 0 Å². The highest BCUT2D eigenvalue weighted by Gasteiger charge is 2.18. The van der Waals surface area contributed by atoms with Crippen LogP contribution in [0.15, 0.2) is 6.20 Å². The molecule has 1 heterocycles. The highest BCUT2D eigenvalue weighted by molar-refractivity contribution is 7.11. The minimum atomic E-state index is 0.433. The zero-order valence-corrected chi connectivity index (χ0v) is 10.7. The molecule has 3 nitrogen and oxygen atoms in total. The summed E-state index contributed by atoms with van der Waals surface area (Å²) < 4.78 is 0. The van der Waals surface area contributed by atoms with Gasteiger partial charge in [0.25, 0.3) is 0 Å². The first kappa shape index (κ1) is 12.0. The predicted molar refractivity (Wildman–Crippen MR) is 68.5 cm³/mol. The maximum absolute atomic E-state index is 5.97. The molecule has 1 fully saturated rings. The largest absolute Gasteiger partial charge is 0.328 e.